The van der Waals surface area contributed by atoms with Crippen LogP contribution in [0.5, 0.6) is 0 Å². The van der Waals surface area contributed by atoms with Gasteiger partial charge in [-0.2, -0.15) is 0 Å². The quantitative estimate of drug-likeness (QED) is 0.472. The molecule has 0 rings (SSSR count). The Labute approximate surface area is 100 Å². The Hall–Kier alpha value is 0.147. The molecule has 0 spiro atoms. The zero-order valence-corrected chi connectivity index (χ0v) is 12.2. The molecule has 4 N–H and O–H groups in total. The van der Waals surface area contributed by atoms with E-state index in [0.717, 1.165) is 0 Å². The van der Waals surface area contributed by atoms with Gasteiger partial charge in [0.15, 0.2) is 0 Å². The fourth-order valence-corrected chi connectivity index (χ4v) is 0.740. The van der Waals surface area contributed by atoms with Crippen LogP contribution in [0.15, 0.2) is 0 Å². The average Bonchev–Trinajstić information content (AvgIpc) is 2.01. The smallest absolute Gasteiger partial charge is 0.421 e. The molecule has 0 aromatic heterocycles. The van der Waals surface area contributed by atoms with Gasteiger partial charge in [0.05, 0.1) is 19.9 Å². The van der Waals surface area contributed by atoms with Gasteiger partial charge >= 0.3 is 14.4 Å². The molecule has 96 valence electrons. The van der Waals surface area contributed by atoms with Crippen LogP contribution in [0.25, 0.3) is 0 Å². The monoisotopic (exact) mass is 250 g/mol. The van der Waals surface area contributed by atoms with Crippen molar-refractivity contribution in [3.05, 3.63) is 0 Å². The topological polar surface area (TPSA) is 90.2 Å². The van der Waals surface area contributed by atoms with Gasteiger partial charge in [-0.05, 0) is 27.7 Å². The fourth-order valence-electron chi connectivity index (χ4n) is 0.269. The molecule has 5 nitrogen and oxygen atoms in total. The second-order valence-corrected chi connectivity index (χ2v) is 8.11. The van der Waals surface area contributed by atoms with E-state index < -0.39 is 26.6 Å². The number of hydrogen-bond donors (Lipinski definition) is 4. The van der Waals surface area contributed by atoms with Crippen molar-refractivity contribution in [1.82, 2.24) is 0 Å². The number of aliphatic hydroxyl groups is 2. The van der Waals surface area contributed by atoms with Crippen molar-refractivity contribution < 1.29 is 24.8 Å². The van der Waals surface area contributed by atoms with Crippen LogP contribution in [0.4, 0.5) is 0 Å². The Morgan fingerprint density at radius 2 is 1.38 bits per heavy atom. The van der Waals surface area contributed by atoms with E-state index in [1.165, 1.54) is 0 Å². The summed E-state index contributed by atoms with van der Waals surface area (Å²) in [4.78, 5) is 0. The highest BCUT2D eigenvalue weighted by molar-refractivity contribution is 7.15. The maximum atomic E-state index is 9.10. The van der Waals surface area contributed by atoms with Gasteiger partial charge in [-0.25, -0.2) is 0 Å². The Kier molecular flexibility index (Phi) is 8.64. The van der Waals surface area contributed by atoms with Gasteiger partial charge in [-0.1, -0.05) is 13.1 Å². The second kappa shape index (κ2) is 7.47. The van der Waals surface area contributed by atoms with Crippen molar-refractivity contribution in [2.75, 3.05) is 0 Å². The minimum Gasteiger partial charge on any atom is -0.457 e. The molecule has 0 amide bonds. The summed E-state index contributed by atoms with van der Waals surface area (Å²) in [5.41, 5.74) is -2.01. The molecule has 0 atom stereocenters. The Balaban J connectivity index is 0. The average molecular weight is 250 g/mol. The normalized spacial score (nSPS) is 11.9. The lowest BCUT2D eigenvalue weighted by Crippen LogP contribution is -2.44. The zero-order valence-electron chi connectivity index (χ0n) is 11.1. The van der Waals surface area contributed by atoms with Crippen molar-refractivity contribution in [1.29, 1.82) is 0 Å². The van der Waals surface area contributed by atoms with Crippen molar-refractivity contribution in [2.24, 2.45) is 0 Å². The standard InChI is InChI=1S/C6H14O2.C2H10B2O3Si/c1-5(2,7)6(3,4)8;1-8(2)4(6)7-3-5/h7-8H,1-4H3;3,5-6,8H,1-2H3. The van der Waals surface area contributed by atoms with Gasteiger partial charge in [0.2, 0.25) is 0 Å². The van der Waals surface area contributed by atoms with Crippen molar-refractivity contribution >= 4 is 23.1 Å². The Morgan fingerprint density at radius 3 is 1.44 bits per heavy atom. The summed E-state index contributed by atoms with van der Waals surface area (Å²) in [5, 5.41) is 35.1. The van der Waals surface area contributed by atoms with Gasteiger partial charge in [-0.15, -0.1) is 0 Å². The first-order valence-corrected chi connectivity index (χ1v) is 8.26. The molecule has 0 aromatic rings. The largest absolute Gasteiger partial charge is 0.457 e. The van der Waals surface area contributed by atoms with E-state index in [-0.39, 0.29) is 7.69 Å². The summed E-state index contributed by atoms with van der Waals surface area (Å²) in [6.07, 6.45) is 0. The lowest BCUT2D eigenvalue weighted by Gasteiger charge is -2.31. The molecule has 0 aliphatic carbocycles. The summed E-state index contributed by atoms with van der Waals surface area (Å²) < 4.78 is 4.48. The SMILES string of the molecule is CC(C)(O)C(C)(C)O.C[SiH](C)B(O)OBO. The van der Waals surface area contributed by atoms with E-state index in [1.54, 1.807) is 27.7 Å². The molecule has 0 aromatic carbocycles. The maximum absolute atomic E-state index is 9.10. The summed E-state index contributed by atoms with van der Waals surface area (Å²) >= 11 is 0. The third-order valence-corrected chi connectivity index (χ3v) is 3.65. The highest BCUT2D eigenvalue weighted by Crippen LogP contribution is 2.19. The van der Waals surface area contributed by atoms with Gasteiger partial charge in [0.25, 0.3) is 0 Å². The van der Waals surface area contributed by atoms with Crippen molar-refractivity contribution in [3.8, 4) is 0 Å². The first-order valence-electron chi connectivity index (χ1n) is 5.28. The van der Waals surface area contributed by atoms with E-state index in [1.807, 2.05) is 13.1 Å². The molecule has 0 heterocycles. The van der Waals surface area contributed by atoms with Gasteiger partial charge < -0.3 is 24.8 Å². The van der Waals surface area contributed by atoms with Crippen molar-refractivity contribution in [2.45, 2.75) is 52.0 Å². The molecule has 0 unspecified atom stereocenters. The molecule has 8 heteroatoms. The highest BCUT2D eigenvalue weighted by Gasteiger charge is 2.31. The van der Waals surface area contributed by atoms with Crippen molar-refractivity contribution in [3.63, 3.8) is 0 Å². The first kappa shape index (κ1) is 18.5. The third-order valence-electron chi connectivity index (χ3n) is 2.31. The molecule has 0 fully saturated rings. The Morgan fingerprint density at radius 1 is 1.06 bits per heavy atom. The summed E-state index contributed by atoms with van der Waals surface area (Å²) in [6.45, 7) is 9.50. The summed E-state index contributed by atoms with van der Waals surface area (Å²) in [5.74, 6) is 0. The molecule has 0 aliphatic rings. The van der Waals surface area contributed by atoms with Crippen LogP contribution in [0.3, 0.4) is 0 Å². The minimum absolute atomic E-state index is 0.383. The highest BCUT2D eigenvalue weighted by atomic mass is 28.3. The fraction of sp³-hybridized carbons (Fsp3) is 1.00. The van der Waals surface area contributed by atoms with Crippen LogP contribution in [0.2, 0.25) is 13.1 Å². The number of rotatable bonds is 4. The minimum atomic E-state index is -1.11. The van der Waals surface area contributed by atoms with Crippen LogP contribution >= 0.6 is 0 Å². The third kappa shape index (κ3) is 9.38. The van der Waals surface area contributed by atoms with Gasteiger partial charge in [0, 0.05) is 0 Å². The van der Waals surface area contributed by atoms with E-state index in [0.29, 0.717) is 0 Å². The van der Waals surface area contributed by atoms with E-state index in [4.69, 9.17) is 20.3 Å². The molecule has 0 radical (unpaired) electrons. The molecule has 0 saturated heterocycles. The molecular formula is C8H24B2O5Si. The van der Waals surface area contributed by atoms with Crippen LogP contribution in [0, 0.1) is 0 Å². The predicted octanol–water partition coefficient (Wildman–Crippen LogP) is -1.16. The second-order valence-electron chi connectivity index (χ2n) is 5.05. The van der Waals surface area contributed by atoms with E-state index >= 15 is 0 Å². The molecule has 0 aliphatic heterocycles. The lowest BCUT2D eigenvalue weighted by atomic mass is 9.90. The molecular weight excluding hydrogens is 226 g/mol. The number of hydrogen-bond acceptors (Lipinski definition) is 5. The van der Waals surface area contributed by atoms with E-state index in [2.05, 4.69) is 4.57 Å². The zero-order chi connectivity index (χ0) is 13.6. The van der Waals surface area contributed by atoms with Gasteiger partial charge in [0.1, 0.15) is 0 Å². The summed E-state index contributed by atoms with van der Waals surface area (Å²) in [6, 6.07) is 0. The van der Waals surface area contributed by atoms with Crippen LogP contribution in [-0.4, -0.2) is 54.5 Å². The first-order chi connectivity index (χ1) is 6.93. The van der Waals surface area contributed by atoms with Gasteiger partial charge in [-0.3, -0.25) is 0 Å². The van der Waals surface area contributed by atoms with Crippen LogP contribution < -0.4 is 0 Å². The van der Waals surface area contributed by atoms with E-state index in [9.17, 15) is 0 Å². The molecule has 16 heavy (non-hydrogen) atoms. The van der Waals surface area contributed by atoms with Crippen LogP contribution in [-0.2, 0) is 4.57 Å². The Bertz CT molecular complexity index is 166. The predicted molar refractivity (Wildman–Crippen MR) is 69.9 cm³/mol. The molecule has 0 saturated carbocycles. The maximum Gasteiger partial charge on any atom is 0.421 e. The van der Waals surface area contributed by atoms with Crippen LogP contribution in [0.1, 0.15) is 27.7 Å². The summed E-state index contributed by atoms with van der Waals surface area (Å²) in [7, 11) is -1.49. The lowest BCUT2D eigenvalue weighted by molar-refractivity contribution is -0.107. The molecule has 0 bridgehead atoms.